The highest BCUT2D eigenvalue weighted by Gasteiger charge is 2.21. The van der Waals surface area contributed by atoms with Crippen molar-refractivity contribution in [3.63, 3.8) is 0 Å². The summed E-state index contributed by atoms with van der Waals surface area (Å²) in [6.45, 7) is 0. The third-order valence-electron chi connectivity index (χ3n) is 2.66. The normalized spacial score (nSPS) is 17.9. The van der Waals surface area contributed by atoms with Gasteiger partial charge in [-0.1, -0.05) is 53.6 Å². The summed E-state index contributed by atoms with van der Waals surface area (Å²) in [6.07, 6.45) is 0. The van der Waals surface area contributed by atoms with Gasteiger partial charge in [0.25, 0.3) is 0 Å². The fourth-order valence-electron chi connectivity index (χ4n) is 1.81. The highest BCUT2D eigenvalue weighted by atomic mass is 32.2. The maximum absolute atomic E-state index is 5.68. The molecule has 16 heavy (non-hydrogen) atoms. The second-order valence-corrected chi connectivity index (χ2v) is 4.95. The molecular formula is C13H10BNS. The predicted octanol–water partition coefficient (Wildman–Crippen LogP) is 2.70. The topological polar surface area (TPSA) is 12.0 Å². The van der Waals surface area contributed by atoms with Crippen LogP contribution in [0.25, 0.3) is 0 Å². The van der Waals surface area contributed by atoms with Gasteiger partial charge in [0, 0.05) is 10.6 Å². The molecule has 1 N–H and O–H groups in total. The van der Waals surface area contributed by atoms with E-state index >= 15 is 0 Å². The maximum atomic E-state index is 5.68. The lowest BCUT2D eigenvalue weighted by Crippen LogP contribution is -2.05. The number of nitrogens with one attached hydrogen (secondary N) is 1. The molecule has 2 aromatic carbocycles. The van der Waals surface area contributed by atoms with Crippen molar-refractivity contribution >= 4 is 30.8 Å². The summed E-state index contributed by atoms with van der Waals surface area (Å²) in [7, 11) is 5.68. The molecule has 0 saturated carbocycles. The first-order valence-electron chi connectivity index (χ1n) is 5.20. The van der Waals surface area contributed by atoms with E-state index in [0.29, 0.717) is 5.37 Å². The van der Waals surface area contributed by atoms with Crippen molar-refractivity contribution in [2.24, 2.45) is 0 Å². The number of fused-ring (bicyclic) bond motifs is 1. The van der Waals surface area contributed by atoms with Crippen molar-refractivity contribution in [1.29, 1.82) is 0 Å². The van der Waals surface area contributed by atoms with Crippen LogP contribution in [0.15, 0.2) is 53.4 Å². The highest BCUT2D eigenvalue weighted by Crippen LogP contribution is 2.45. The molecule has 0 aliphatic carbocycles. The monoisotopic (exact) mass is 223 g/mol. The van der Waals surface area contributed by atoms with Crippen molar-refractivity contribution in [2.75, 3.05) is 5.32 Å². The van der Waals surface area contributed by atoms with Gasteiger partial charge in [-0.05, 0) is 17.7 Å². The molecule has 0 bridgehead atoms. The molecule has 0 fully saturated rings. The van der Waals surface area contributed by atoms with Crippen LogP contribution in [-0.2, 0) is 0 Å². The van der Waals surface area contributed by atoms with E-state index in [9.17, 15) is 0 Å². The van der Waals surface area contributed by atoms with Crippen LogP contribution in [-0.4, -0.2) is 7.85 Å². The number of para-hydroxylation sites is 1. The molecule has 1 aliphatic heterocycles. The number of benzene rings is 2. The van der Waals surface area contributed by atoms with Crippen LogP contribution >= 0.6 is 11.8 Å². The largest absolute Gasteiger partial charge is 0.368 e. The van der Waals surface area contributed by atoms with Crippen LogP contribution in [0.3, 0.4) is 0 Å². The average Bonchev–Trinajstić information content (AvgIpc) is 2.73. The van der Waals surface area contributed by atoms with Crippen molar-refractivity contribution in [3.8, 4) is 0 Å². The van der Waals surface area contributed by atoms with Gasteiger partial charge in [-0.2, -0.15) is 0 Å². The zero-order chi connectivity index (χ0) is 11.0. The zero-order valence-corrected chi connectivity index (χ0v) is 9.50. The van der Waals surface area contributed by atoms with Gasteiger partial charge in [-0.15, -0.1) is 0 Å². The molecule has 0 aromatic heterocycles. The highest BCUT2D eigenvalue weighted by molar-refractivity contribution is 8.00. The van der Waals surface area contributed by atoms with Crippen LogP contribution in [0, 0.1) is 0 Å². The number of thioether (sulfide) groups is 1. The fourth-order valence-corrected chi connectivity index (χ4v) is 2.95. The van der Waals surface area contributed by atoms with E-state index in [0.717, 1.165) is 5.46 Å². The van der Waals surface area contributed by atoms with E-state index < -0.39 is 0 Å². The molecule has 2 aromatic rings. The molecule has 3 heteroatoms. The van der Waals surface area contributed by atoms with Crippen LogP contribution in [0.4, 0.5) is 5.69 Å². The standard InChI is InChI=1S/C13H10BNS/c14-10-7-5-9(6-8-10)13-15-11-3-1-2-4-12(11)16-13/h1-8,13,15H. The number of anilines is 1. The first-order valence-corrected chi connectivity index (χ1v) is 6.08. The minimum atomic E-state index is 0.304. The molecule has 3 rings (SSSR count). The van der Waals surface area contributed by atoms with Crippen LogP contribution in [0.2, 0.25) is 0 Å². The molecule has 0 amide bonds. The van der Waals surface area contributed by atoms with E-state index in [2.05, 4.69) is 41.7 Å². The Balaban J connectivity index is 1.88. The smallest absolute Gasteiger partial charge is 0.113 e. The molecule has 1 atom stereocenters. The first kappa shape index (κ1) is 9.85. The Morgan fingerprint density at radius 1 is 1.00 bits per heavy atom. The van der Waals surface area contributed by atoms with E-state index in [1.54, 1.807) is 0 Å². The summed E-state index contributed by atoms with van der Waals surface area (Å²) in [6, 6.07) is 16.4. The van der Waals surface area contributed by atoms with Gasteiger partial charge in [0.2, 0.25) is 0 Å². The molecule has 1 aliphatic rings. The molecule has 2 radical (unpaired) electrons. The van der Waals surface area contributed by atoms with Crippen molar-refractivity contribution < 1.29 is 0 Å². The summed E-state index contributed by atoms with van der Waals surface area (Å²) in [5.74, 6) is 0. The minimum absolute atomic E-state index is 0.304. The van der Waals surface area contributed by atoms with Gasteiger partial charge in [-0.25, -0.2) is 0 Å². The van der Waals surface area contributed by atoms with Gasteiger partial charge >= 0.3 is 0 Å². The Morgan fingerprint density at radius 3 is 2.50 bits per heavy atom. The molecule has 76 valence electrons. The van der Waals surface area contributed by atoms with Crippen LogP contribution in [0.5, 0.6) is 0 Å². The zero-order valence-electron chi connectivity index (χ0n) is 8.68. The third-order valence-corrected chi connectivity index (χ3v) is 3.89. The second-order valence-electron chi connectivity index (χ2n) is 3.81. The molecular weight excluding hydrogens is 213 g/mol. The van der Waals surface area contributed by atoms with Gasteiger partial charge < -0.3 is 5.32 Å². The van der Waals surface area contributed by atoms with E-state index in [4.69, 9.17) is 7.85 Å². The Morgan fingerprint density at radius 2 is 1.75 bits per heavy atom. The Labute approximate surface area is 101 Å². The SMILES string of the molecule is [B]c1ccc(C2Nc3ccccc3S2)cc1. The van der Waals surface area contributed by atoms with Crippen LogP contribution < -0.4 is 10.8 Å². The lowest BCUT2D eigenvalue weighted by atomic mass is 9.95. The van der Waals surface area contributed by atoms with Crippen molar-refractivity contribution in [2.45, 2.75) is 10.3 Å². The fraction of sp³-hybridized carbons (Fsp3) is 0.0769. The second kappa shape index (κ2) is 3.91. The Kier molecular flexibility index (Phi) is 2.41. The molecule has 1 unspecified atom stereocenters. The van der Waals surface area contributed by atoms with Gasteiger partial charge in [-0.3, -0.25) is 0 Å². The summed E-state index contributed by atoms with van der Waals surface area (Å²) in [5, 5.41) is 3.80. The summed E-state index contributed by atoms with van der Waals surface area (Å²) in [4.78, 5) is 1.31. The summed E-state index contributed by atoms with van der Waals surface area (Å²) < 4.78 is 0. The Hall–Kier alpha value is -1.35. The number of rotatable bonds is 1. The van der Waals surface area contributed by atoms with Gasteiger partial charge in [0.1, 0.15) is 13.2 Å². The molecule has 0 spiro atoms. The van der Waals surface area contributed by atoms with Gasteiger partial charge in [0.05, 0.1) is 0 Å². The molecule has 1 heterocycles. The third kappa shape index (κ3) is 1.72. The van der Waals surface area contributed by atoms with Crippen LogP contribution in [0.1, 0.15) is 10.9 Å². The lowest BCUT2D eigenvalue weighted by Gasteiger charge is -2.10. The minimum Gasteiger partial charge on any atom is -0.368 e. The average molecular weight is 223 g/mol. The molecule has 0 saturated heterocycles. The van der Waals surface area contributed by atoms with E-state index in [1.165, 1.54) is 16.1 Å². The van der Waals surface area contributed by atoms with Crippen molar-refractivity contribution in [3.05, 3.63) is 54.1 Å². The Bertz CT molecular complexity index is 485. The van der Waals surface area contributed by atoms with Gasteiger partial charge in [0.15, 0.2) is 0 Å². The number of hydrogen-bond acceptors (Lipinski definition) is 2. The quantitative estimate of drug-likeness (QED) is 0.746. The molecule has 1 nitrogen and oxygen atoms in total. The summed E-state index contributed by atoms with van der Waals surface area (Å²) >= 11 is 1.84. The summed E-state index contributed by atoms with van der Waals surface area (Å²) in [5.41, 5.74) is 3.29. The lowest BCUT2D eigenvalue weighted by molar-refractivity contribution is 1.14. The van der Waals surface area contributed by atoms with E-state index in [1.807, 2.05) is 23.9 Å². The van der Waals surface area contributed by atoms with Crippen molar-refractivity contribution in [1.82, 2.24) is 0 Å². The maximum Gasteiger partial charge on any atom is 0.113 e. The van der Waals surface area contributed by atoms with E-state index in [-0.39, 0.29) is 0 Å². The first-order chi connectivity index (χ1) is 7.83. The number of hydrogen-bond donors (Lipinski definition) is 1. The predicted molar refractivity (Wildman–Crippen MR) is 70.5 cm³/mol.